The van der Waals surface area contributed by atoms with E-state index in [-0.39, 0.29) is 0 Å². The lowest BCUT2D eigenvalue weighted by Gasteiger charge is -2.28. The second kappa shape index (κ2) is 28.8. The first kappa shape index (κ1) is 50.3. The molecule has 2 atom stereocenters. The zero-order valence-electron chi connectivity index (χ0n) is 40.2. The minimum Gasteiger partial charge on any atom is -0.490 e. The molecule has 4 aromatic carbocycles. The molecule has 0 aromatic heterocycles. The third kappa shape index (κ3) is 17.3. The van der Waals surface area contributed by atoms with Crippen molar-refractivity contribution in [3.63, 3.8) is 0 Å². The van der Waals surface area contributed by atoms with E-state index in [1.54, 1.807) is 48.5 Å². The first-order valence-electron chi connectivity index (χ1n) is 25.8. The average Bonchev–Trinajstić information content (AvgIpc) is 3.36. The molecular formula is C60H78O6. The number of rotatable bonds is 27. The maximum Gasteiger partial charge on any atom is 0.338 e. The van der Waals surface area contributed by atoms with Crippen molar-refractivity contribution in [2.24, 2.45) is 23.7 Å². The first-order valence-corrected chi connectivity index (χ1v) is 25.8. The van der Waals surface area contributed by atoms with Gasteiger partial charge in [0.2, 0.25) is 0 Å². The number of benzene rings is 4. The smallest absolute Gasteiger partial charge is 0.338 e. The van der Waals surface area contributed by atoms with Crippen LogP contribution in [0.2, 0.25) is 0 Å². The van der Waals surface area contributed by atoms with Crippen molar-refractivity contribution in [1.82, 2.24) is 0 Å². The van der Waals surface area contributed by atoms with Gasteiger partial charge in [0.15, 0.2) is 12.2 Å². The van der Waals surface area contributed by atoms with Gasteiger partial charge < -0.3 is 18.9 Å². The second-order valence-corrected chi connectivity index (χ2v) is 19.0. The van der Waals surface area contributed by atoms with Crippen molar-refractivity contribution >= 4 is 11.9 Å². The van der Waals surface area contributed by atoms with Crippen molar-refractivity contribution in [1.29, 1.82) is 0 Å². The van der Waals surface area contributed by atoms with Crippen LogP contribution in [0.3, 0.4) is 0 Å². The predicted molar refractivity (Wildman–Crippen MR) is 269 cm³/mol. The highest BCUT2D eigenvalue weighted by Gasteiger charge is 2.33. The Morgan fingerprint density at radius 1 is 0.470 bits per heavy atom. The van der Waals surface area contributed by atoms with E-state index >= 15 is 0 Å². The van der Waals surface area contributed by atoms with Crippen LogP contribution in [0.25, 0.3) is 0 Å². The van der Waals surface area contributed by atoms with Crippen molar-refractivity contribution < 1.29 is 28.5 Å². The molecule has 0 bridgehead atoms. The van der Waals surface area contributed by atoms with Gasteiger partial charge in [0.25, 0.3) is 0 Å². The summed E-state index contributed by atoms with van der Waals surface area (Å²) in [4.78, 5) is 27.7. The summed E-state index contributed by atoms with van der Waals surface area (Å²) in [5.41, 5.74) is 2.16. The van der Waals surface area contributed by atoms with Gasteiger partial charge in [-0.3, -0.25) is 0 Å². The van der Waals surface area contributed by atoms with Crippen LogP contribution in [0, 0.1) is 23.7 Å². The van der Waals surface area contributed by atoms with E-state index in [0.717, 1.165) is 11.8 Å². The zero-order valence-corrected chi connectivity index (χ0v) is 40.2. The standard InChI is InChI=1S/C60H78O6/c1-3-5-7-9-13-21-47-29-33-49(34-30-47)23-19-45-63-55-41-37-53(38-42-55)59(61)65-57(51-25-15-11-16-26-51)58(52-27-17-12-18-28-52)66-60(62)54-39-43-56(44-40-54)64-46-20-24-50-35-31-48(32-36-50)22-14-10-8-6-4-2/h11-12,15-20,23-28,37-44,47-50,57-58H,3-10,13-14,21-22,29-36,45-46H2,1-2H3/t47?,48?,49?,50?,57-,58-/m1/s1. The number of carbonyl (C=O) groups is 2. The predicted octanol–water partition coefficient (Wildman–Crippen LogP) is 16.4. The molecule has 0 aliphatic heterocycles. The summed E-state index contributed by atoms with van der Waals surface area (Å²) in [6.45, 7) is 5.52. The van der Waals surface area contributed by atoms with E-state index in [0.29, 0.717) is 58.8 Å². The Labute approximate surface area is 397 Å². The highest BCUT2D eigenvalue weighted by molar-refractivity contribution is 5.90. The third-order valence-electron chi connectivity index (χ3n) is 13.9. The van der Waals surface area contributed by atoms with Crippen LogP contribution in [0.5, 0.6) is 11.5 Å². The molecule has 6 heteroatoms. The summed E-state index contributed by atoms with van der Waals surface area (Å²) in [5.74, 6) is 3.37. The van der Waals surface area contributed by atoms with Gasteiger partial charge in [-0.15, -0.1) is 0 Å². The number of allylic oxidation sites excluding steroid dienone is 2. The lowest BCUT2D eigenvalue weighted by atomic mass is 9.79. The highest BCUT2D eigenvalue weighted by Crippen LogP contribution is 2.38. The van der Waals surface area contributed by atoms with Crippen LogP contribution in [-0.4, -0.2) is 25.2 Å². The molecule has 0 radical (unpaired) electrons. The van der Waals surface area contributed by atoms with Gasteiger partial charge in [-0.05, 0) is 135 Å². The molecule has 354 valence electrons. The minimum atomic E-state index is -0.924. The zero-order chi connectivity index (χ0) is 46.0. The van der Waals surface area contributed by atoms with E-state index in [9.17, 15) is 9.59 Å². The second-order valence-electron chi connectivity index (χ2n) is 19.0. The van der Waals surface area contributed by atoms with Gasteiger partial charge in [-0.2, -0.15) is 0 Å². The largest absolute Gasteiger partial charge is 0.490 e. The number of hydrogen-bond acceptors (Lipinski definition) is 6. The van der Waals surface area contributed by atoms with Crippen molar-refractivity contribution in [3.05, 3.63) is 156 Å². The summed E-state index contributed by atoms with van der Waals surface area (Å²) in [6, 6.07) is 33.0. The van der Waals surface area contributed by atoms with Gasteiger partial charge in [0.1, 0.15) is 24.7 Å². The van der Waals surface area contributed by atoms with E-state index in [1.807, 2.05) is 60.7 Å². The molecule has 0 heterocycles. The minimum absolute atomic E-state index is 0.375. The van der Waals surface area contributed by atoms with Crippen molar-refractivity contribution in [2.75, 3.05) is 13.2 Å². The number of hydrogen-bond donors (Lipinski definition) is 0. The van der Waals surface area contributed by atoms with Crippen LogP contribution >= 0.6 is 0 Å². The molecule has 2 saturated carbocycles. The molecule has 0 saturated heterocycles. The average molecular weight is 895 g/mol. The molecule has 6 rings (SSSR count). The molecular weight excluding hydrogens is 817 g/mol. The van der Waals surface area contributed by atoms with Crippen LogP contribution in [0.1, 0.15) is 186 Å². The quantitative estimate of drug-likeness (QED) is 0.0337. The maximum atomic E-state index is 13.9. The summed E-state index contributed by atoms with van der Waals surface area (Å²) in [7, 11) is 0. The molecule has 2 aliphatic rings. The lowest BCUT2D eigenvalue weighted by molar-refractivity contribution is -0.0388. The molecule has 2 aliphatic carbocycles. The first-order chi connectivity index (χ1) is 32.5. The van der Waals surface area contributed by atoms with E-state index in [4.69, 9.17) is 18.9 Å². The Kier molecular flexibility index (Phi) is 22.0. The molecule has 0 unspecified atom stereocenters. The number of unbranched alkanes of at least 4 members (excludes halogenated alkanes) is 8. The Morgan fingerprint density at radius 3 is 1.20 bits per heavy atom. The van der Waals surface area contributed by atoms with Gasteiger partial charge in [-0.25, -0.2) is 9.59 Å². The fourth-order valence-electron chi connectivity index (χ4n) is 9.83. The van der Waals surface area contributed by atoms with Crippen molar-refractivity contribution in [2.45, 2.75) is 154 Å². The molecule has 6 nitrogen and oxygen atoms in total. The molecule has 4 aromatic rings. The van der Waals surface area contributed by atoms with E-state index in [1.165, 1.54) is 128 Å². The molecule has 0 spiro atoms. The van der Waals surface area contributed by atoms with Crippen molar-refractivity contribution in [3.8, 4) is 11.5 Å². The van der Waals surface area contributed by atoms with Crippen LogP contribution in [0.4, 0.5) is 0 Å². The lowest BCUT2D eigenvalue weighted by Crippen LogP contribution is -2.23. The van der Waals surface area contributed by atoms with E-state index in [2.05, 4.69) is 38.2 Å². The normalized spacial score (nSPS) is 19.6. The van der Waals surface area contributed by atoms with Gasteiger partial charge in [0, 0.05) is 0 Å². The number of carbonyl (C=O) groups excluding carboxylic acids is 2. The fourth-order valence-corrected chi connectivity index (χ4v) is 9.83. The molecule has 2 fully saturated rings. The van der Waals surface area contributed by atoms with Gasteiger partial charge >= 0.3 is 11.9 Å². The summed E-state index contributed by atoms with van der Waals surface area (Å²) in [5, 5.41) is 0. The number of ether oxygens (including phenoxy) is 4. The highest BCUT2D eigenvalue weighted by atomic mass is 16.6. The van der Waals surface area contributed by atoms with Crippen LogP contribution in [-0.2, 0) is 9.47 Å². The summed E-state index contributed by atoms with van der Waals surface area (Å²) >= 11 is 0. The Balaban J connectivity index is 0.992. The third-order valence-corrected chi connectivity index (χ3v) is 13.9. The summed E-state index contributed by atoms with van der Waals surface area (Å²) in [6.07, 6.45) is 33.9. The van der Waals surface area contributed by atoms with Crippen LogP contribution < -0.4 is 9.47 Å². The topological polar surface area (TPSA) is 71.1 Å². The van der Waals surface area contributed by atoms with E-state index < -0.39 is 24.1 Å². The Hall–Kier alpha value is -5.10. The molecule has 0 N–H and O–H groups in total. The van der Waals surface area contributed by atoms with Gasteiger partial charge in [-0.1, -0.05) is 176 Å². The monoisotopic (exact) mass is 895 g/mol. The molecule has 66 heavy (non-hydrogen) atoms. The van der Waals surface area contributed by atoms with Gasteiger partial charge in [0.05, 0.1) is 11.1 Å². The molecule has 0 amide bonds. The maximum absolute atomic E-state index is 13.9. The Morgan fingerprint density at radius 2 is 0.833 bits per heavy atom. The Bertz CT molecular complexity index is 1840. The van der Waals surface area contributed by atoms with Crippen LogP contribution in [0.15, 0.2) is 133 Å². The SMILES string of the molecule is CCCCCCCC1CCC(C=CCOc2ccc(C(=O)O[C@H](c3ccccc3)[C@H](OC(=O)c3ccc(OCC=CC4CCC(CCCCCCC)CC4)cc3)c3ccccc3)cc2)CC1. The fraction of sp³-hybridized carbons (Fsp3) is 0.500. The summed E-state index contributed by atoms with van der Waals surface area (Å²) < 4.78 is 24.6. The number of esters is 2.